The molecule has 0 saturated heterocycles. The Morgan fingerprint density at radius 3 is 2.36 bits per heavy atom. The van der Waals surface area contributed by atoms with Crippen LogP contribution in [0.1, 0.15) is 6.92 Å². The number of benzene rings is 1. The standard InChI is InChI=1S/C11H16BrNO/c1-9(12)8-13(2)10-4-6-11(14-3)7-5-10/h4-7,9H,8H2,1-3H3. The molecule has 0 N–H and O–H groups in total. The Labute approximate surface area is 94.0 Å². The van der Waals surface area contributed by atoms with Crippen LogP contribution >= 0.6 is 15.9 Å². The Bertz CT molecular complexity index is 271. The van der Waals surface area contributed by atoms with Crippen LogP contribution in [-0.2, 0) is 0 Å². The van der Waals surface area contributed by atoms with Gasteiger partial charge in [-0.3, -0.25) is 0 Å². The molecular weight excluding hydrogens is 242 g/mol. The van der Waals surface area contributed by atoms with Crippen LogP contribution in [0.2, 0.25) is 0 Å². The molecular formula is C11H16BrNO. The minimum Gasteiger partial charge on any atom is -0.497 e. The molecule has 1 atom stereocenters. The highest BCUT2D eigenvalue weighted by molar-refractivity contribution is 9.09. The van der Waals surface area contributed by atoms with Crippen molar-refractivity contribution < 1.29 is 4.74 Å². The molecule has 3 heteroatoms. The number of hydrogen-bond acceptors (Lipinski definition) is 2. The number of rotatable bonds is 4. The lowest BCUT2D eigenvalue weighted by Crippen LogP contribution is -2.23. The second-order valence-corrected chi connectivity index (χ2v) is 4.92. The van der Waals surface area contributed by atoms with E-state index in [2.05, 4.69) is 46.9 Å². The summed E-state index contributed by atoms with van der Waals surface area (Å²) in [7, 11) is 3.76. The predicted molar refractivity (Wildman–Crippen MR) is 64.7 cm³/mol. The third kappa shape index (κ3) is 3.22. The Morgan fingerprint density at radius 1 is 1.36 bits per heavy atom. The van der Waals surface area contributed by atoms with Crippen LogP contribution in [0.15, 0.2) is 24.3 Å². The Balaban J connectivity index is 2.66. The van der Waals surface area contributed by atoms with Gasteiger partial charge in [0.15, 0.2) is 0 Å². The third-order valence-corrected chi connectivity index (χ3v) is 2.33. The average Bonchev–Trinajstić information content (AvgIpc) is 2.17. The molecule has 1 aromatic carbocycles. The van der Waals surface area contributed by atoms with Crippen molar-refractivity contribution in [1.29, 1.82) is 0 Å². The number of methoxy groups -OCH3 is 1. The zero-order valence-corrected chi connectivity index (χ0v) is 10.4. The van der Waals surface area contributed by atoms with Gasteiger partial charge in [0, 0.05) is 24.1 Å². The van der Waals surface area contributed by atoms with E-state index in [1.165, 1.54) is 5.69 Å². The maximum absolute atomic E-state index is 5.10. The van der Waals surface area contributed by atoms with Gasteiger partial charge in [0.2, 0.25) is 0 Å². The largest absolute Gasteiger partial charge is 0.497 e. The summed E-state index contributed by atoms with van der Waals surface area (Å²) in [6.45, 7) is 3.13. The Morgan fingerprint density at radius 2 is 1.93 bits per heavy atom. The maximum Gasteiger partial charge on any atom is 0.119 e. The number of alkyl halides is 1. The topological polar surface area (TPSA) is 12.5 Å². The van der Waals surface area contributed by atoms with Gasteiger partial charge in [-0.05, 0) is 24.3 Å². The molecule has 0 heterocycles. The zero-order chi connectivity index (χ0) is 10.6. The Kier molecular flexibility index (Phi) is 4.26. The summed E-state index contributed by atoms with van der Waals surface area (Å²) >= 11 is 3.53. The maximum atomic E-state index is 5.10. The minimum atomic E-state index is 0.495. The molecule has 1 unspecified atom stereocenters. The highest BCUT2D eigenvalue weighted by Gasteiger charge is 2.03. The number of nitrogens with zero attached hydrogens (tertiary/aromatic N) is 1. The van der Waals surface area contributed by atoms with Crippen LogP contribution in [0.5, 0.6) is 5.75 Å². The predicted octanol–water partition coefficient (Wildman–Crippen LogP) is 2.91. The van der Waals surface area contributed by atoms with Crippen molar-refractivity contribution in [2.45, 2.75) is 11.8 Å². The molecule has 0 fully saturated rings. The van der Waals surface area contributed by atoms with Crippen LogP contribution in [0.4, 0.5) is 5.69 Å². The minimum absolute atomic E-state index is 0.495. The summed E-state index contributed by atoms with van der Waals surface area (Å²) < 4.78 is 5.10. The lowest BCUT2D eigenvalue weighted by atomic mass is 10.2. The first-order valence-corrected chi connectivity index (χ1v) is 5.54. The monoisotopic (exact) mass is 257 g/mol. The van der Waals surface area contributed by atoms with Crippen LogP contribution < -0.4 is 9.64 Å². The van der Waals surface area contributed by atoms with Gasteiger partial charge >= 0.3 is 0 Å². The quantitative estimate of drug-likeness (QED) is 0.770. The lowest BCUT2D eigenvalue weighted by molar-refractivity contribution is 0.415. The molecule has 0 aliphatic rings. The van der Waals surface area contributed by atoms with Crippen LogP contribution in [0, 0.1) is 0 Å². The fraction of sp³-hybridized carbons (Fsp3) is 0.455. The zero-order valence-electron chi connectivity index (χ0n) is 8.83. The molecule has 0 saturated carbocycles. The first-order valence-electron chi connectivity index (χ1n) is 4.62. The highest BCUT2D eigenvalue weighted by Crippen LogP contribution is 2.18. The summed E-state index contributed by atoms with van der Waals surface area (Å²) in [4.78, 5) is 2.70. The number of hydrogen-bond donors (Lipinski definition) is 0. The molecule has 0 radical (unpaired) electrons. The fourth-order valence-corrected chi connectivity index (χ4v) is 1.75. The second kappa shape index (κ2) is 5.25. The van der Waals surface area contributed by atoms with Gasteiger partial charge in [0.05, 0.1) is 7.11 Å². The number of ether oxygens (including phenoxy) is 1. The highest BCUT2D eigenvalue weighted by atomic mass is 79.9. The van der Waals surface area contributed by atoms with Crippen molar-refractivity contribution in [2.24, 2.45) is 0 Å². The molecule has 0 spiro atoms. The van der Waals surface area contributed by atoms with Gasteiger partial charge in [-0.15, -0.1) is 0 Å². The van der Waals surface area contributed by atoms with Gasteiger partial charge in [-0.1, -0.05) is 22.9 Å². The van der Waals surface area contributed by atoms with E-state index in [0.717, 1.165) is 12.3 Å². The van der Waals surface area contributed by atoms with Gasteiger partial charge in [0.1, 0.15) is 5.75 Å². The third-order valence-electron chi connectivity index (χ3n) is 2.04. The molecule has 0 aromatic heterocycles. The molecule has 0 aliphatic heterocycles. The van der Waals surface area contributed by atoms with Gasteiger partial charge in [0.25, 0.3) is 0 Å². The van der Waals surface area contributed by atoms with E-state index in [1.807, 2.05) is 12.1 Å². The number of anilines is 1. The van der Waals surface area contributed by atoms with Crippen molar-refractivity contribution in [3.63, 3.8) is 0 Å². The van der Waals surface area contributed by atoms with Crippen molar-refractivity contribution in [3.8, 4) is 5.75 Å². The molecule has 0 amide bonds. The van der Waals surface area contributed by atoms with Crippen LogP contribution in [0.25, 0.3) is 0 Å². The molecule has 1 rings (SSSR count). The molecule has 14 heavy (non-hydrogen) atoms. The molecule has 2 nitrogen and oxygen atoms in total. The van der Waals surface area contributed by atoms with Crippen molar-refractivity contribution >= 4 is 21.6 Å². The van der Waals surface area contributed by atoms with Crippen LogP contribution in [0.3, 0.4) is 0 Å². The van der Waals surface area contributed by atoms with E-state index in [-0.39, 0.29) is 0 Å². The summed E-state index contributed by atoms with van der Waals surface area (Å²) in [5, 5.41) is 0. The Hall–Kier alpha value is -0.700. The van der Waals surface area contributed by atoms with E-state index in [4.69, 9.17) is 4.74 Å². The SMILES string of the molecule is COc1ccc(N(C)CC(C)Br)cc1. The van der Waals surface area contributed by atoms with E-state index < -0.39 is 0 Å². The molecule has 1 aromatic rings. The van der Waals surface area contributed by atoms with Gasteiger partial charge in [-0.2, -0.15) is 0 Å². The van der Waals surface area contributed by atoms with Gasteiger partial charge < -0.3 is 9.64 Å². The second-order valence-electron chi connectivity index (χ2n) is 3.36. The smallest absolute Gasteiger partial charge is 0.119 e. The van der Waals surface area contributed by atoms with E-state index in [9.17, 15) is 0 Å². The lowest BCUT2D eigenvalue weighted by Gasteiger charge is -2.20. The van der Waals surface area contributed by atoms with E-state index in [0.29, 0.717) is 4.83 Å². The van der Waals surface area contributed by atoms with Crippen LogP contribution in [-0.4, -0.2) is 25.5 Å². The van der Waals surface area contributed by atoms with Crippen molar-refractivity contribution in [2.75, 3.05) is 25.6 Å². The first-order chi connectivity index (χ1) is 6.63. The molecule has 0 aliphatic carbocycles. The summed E-state index contributed by atoms with van der Waals surface area (Å²) in [5.41, 5.74) is 1.21. The summed E-state index contributed by atoms with van der Waals surface area (Å²) in [6, 6.07) is 8.08. The summed E-state index contributed by atoms with van der Waals surface area (Å²) in [6.07, 6.45) is 0. The molecule has 0 bridgehead atoms. The van der Waals surface area contributed by atoms with Gasteiger partial charge in [-0.25, -0.2) is 0 Å². The average molecular weight is 258 g/mol. The first kappa shape index (κ1) is 11.4. The van der Waals surface area contributed by atoms with E-state index in [1.54, 1.807) is 7.11 Å². The normalized spacial score (nSPS) is 12.3. The fourth-order valence-electron chi connectivity index (χ4n) is 1.32. The molecule has 78 valence electrons. The number of halogens is 1. The van der Waals surface area contributed by atoms with E-state index >= 15 is 0 Å². The summed E-state index contributed by atoms with van der Waals surface area (Å²) in [5.74, 6) is 0.897. The van der Waals surface area contributed by atoms with Crippen molar-refractivity contribution in [1.82, 2.24) is 0 Å². The van der Waals surface area contributed by atoms with Crippen molar-refractivity contribution in [3.05, 3.63) is 24.3 Å².